The van der Waals surface area contributed by atoms with E-state index in [9.17, 15) is 4.79 Å². The average Bonchev–Trinajstić information content (AvgIpc) is 2.85. The molecule has 2 fully saturated rings. The Morgan fingerprint density at radius 3 is 2.65 bits per heavy atom. The Bertz CT molecular complexity index is 241. The molecule has 2 aliphatic rings. The maximum absolute atomic E-state index is 11.8. The molecule has 1 aliphatic carbocycles. The van der Waals surface area contributed by atoms with Crippen molar-refractivity contribution in [2.24, 2.45) is 11.8 Å². The Morgan fingerprint density at radius 1 is 1.24 bits per heavy atom. The van der Waals surface area contributed by atoms with Crippen LogP contribution in [0.25, 0.3) is 0 Å². The molecule has 98 valence electrons. The van der Waals surface area contributed by atoms with Crippen molar-refractivity contribution in [1.29, 1.82) is 0 Å². The van der Waals surface area contributed by atoms with Crippen LogP contribution in [0, 0.1) is 11.8 Å². The molecule has 3 nitrogen and oxygen atoms in total. The quantitative estimate of drug-likeness (QED) is 0.787. The Morgan fingerprint density at radius 2 is 2.00 bits per heavy atom. The Balaban J connectivity index is 1.57. The van der Waals surface area contributed by atoms with E-state index in [4.69, 9.17) is 0 Å². The van der Waals surface area contributed by atoms with Crippen LogP contribution in [-0.4, -0.2) is 25.0 Å². The molecule has 17 heavy (non-hydrogen) atoms. The SMILES string of the molecule is CC1CCC(CCNC(=O)[C@H]2CCCN2)CC1. The number of carbonyl (C=O) groups is 1. The standard InChI is InChI=1S/C14H26N2O/c1-11-4-6-12(7-5-11)8-10-16-14(17)13-3-2-9-15-13/h11-13,15H,2-10H2,1H3,(H,16,17)/t11?,12?,13-/m1/s1. The van der Waals surface area contributed by atoms with Crippen LogP contribution in [0.5, 0.6) is 0 Å². The van der Waals surface area contributed by atoms with E-state index in [2.05, 4.69) is 17.6 Å². The van der Waals surface area contributed by atoms with Gasteiger partial charge in [-0.2, -0.15) is 0 Å². The van der Waals surface area contributed by atoms with Gasteiger partial charge in [-0.15, -0.1) is 0 Å². The zero-order chi connectivity index (χ0) is 12.1. The molecule has 0 radical (unpaired) electrons. The third kappa shape index (κ3) is 3.98. The first-order valence-corrected chi connectivity index (χ1v) is 7.27. The molecule has 0 bridgehead atoms. The zero-order valence-electron chi connectivity index (χ0n) is 11.0. The van der Waals surface area contributed by atoms with E-state index >= 15 is 0 Å². The van der Waals surface area contributed by atoms with Crippen LogP contribution in [-0.2, 0) is 4.79 Å². The summed E-state index contributed by atoms with van der Waals surface area (Å²) in [6.07, 6.45) is 8.79. The second-order valence-electron chi connectivity index (χ2n) is 5.85. The maximum atomic E-state index is 11.8. The van der Waals surface area contributed by atoms with Gasteiger partial charge in [-0.05, 0) is 37.6 Å². The average molecular weight is 238 g/mol. The summed E-state index contributed by atoms with van der Waals surface area (Å²) in [6, 6.07) is 0.0846. The molecular weight excluding hydrogens is 212 g/mol. The zero-order valence-corrected chi connectivity index (χ0v) is 11.0. The van der Waals surface area contributed by atoms with Gasteiger partial charge in [0.1, 0.15) is 0 Å². The fourth-order valence-electron chi connectivity index (χ4n) is 3.05. The summed E-state index contributed by atoms with van der Waals surface area (Å²) < 4.78 is 0. The summed E-state index contributed by atoms with van der Waals surface area (Å²) in [7, 11) is 0. The number of amides is 1. The lowest BCUT2D eigenvalue weighted by molar-refractivity contribution is -0.122. The summed E-state index contributed by atoms with van der Waals surface area (Å²) in [5, 5.41) is 6.32. The van der Waals surface area contributed by atoms with Crippen molar-refractivity contribution in [3.63, 3.8) is 0 Å². The fraction of sp³-hybridized carbons (Fsp3) is 0.929. The molecule has 2 N–H and O–H groups in total. The number of rotatable bonds is 4. The van der Waals surface area contributed by atoms with Gasteiger partial charge in [0.2, 0.25) is 5.91 Å². The molecule has 2 rings (SSSR count). The van der Waals surface area contributed by atoms with Crippen molar-refractivity contribution in [3.05, 3.63) is 0 Å². The lowest BCUT2D eigenvalue weighted by Gasteiger charge is -2.26. The lowest BCUT2D eigenvalue weighted by Crippen LogP contribution is -2.41. The third-order valence-corrected chi connectivity index (χ3v) is 4.36. The minimum absolute atomic E-state index is 0.0846. The predicted octanol–water partition coefficient (Wildman–Crippen LogP) is 2.07. The predicted molar refractivity (Wildman–Crippen MR) is 69.8 cm³/mol. The summed E-state index contributed by atoms with van der Waals surface area (Å²) >= 11 is 0. The Kier molecular flexibility index (Phi) is 4.84. The van der Waals surface area contributed by atoms with Crippen molar-refractivity contribution in [3.8, 4) is 0 Å². The molecule has 0 spiro atoms. The summed E-state index contributed by atoms with van der Waals surface area (Å²) in [4.78, 5) is 11.8. The van der Waals surface area contributed by atoms with Gasteiger partial charge in [-0.25, -0.2) is 0 Å². The van der Waals surface area contributed by atoms with Crippen molar-refractivity contribution < 1.29 is 4.79 Å². The number of hydrogen-bond acceptors (Lipinski definition) is 2. The molecule has 1 heterocycles. The summed E-state index contributed by atoms with van der Waals surface area (Å²) in [5.41, 5.74) is 0. The fourth-order valence-corrected chi connectivity index (χ4v) is 3.05. The van der Waals surface area contributed by atoms with Crippen molar-refractivity contribution in [2.75, 3.05) is 13.1 Å². The van der Waals surface area contributed by atoms with Gasteiger partial charge in [0.25, 0.3) is 0 Å². The van der Waals surface area contributed by atoms with Gasteiger partial charge in [-0.1, -0.05) is 32.6 Å². The normalized spacial score (nSPS) is 33.6. The number of carbonyl (C=O) groups excluding carboxylic acids is 1. The van der Waals surface area contributed by atoms with Crippen molar-refractivity contribution >= 4 is 5.91 Å². The highest BCUT2D eigenvalue weighted by atomic mass is 16.2. The van der Waals surface area contributed by atoms with Gasteiger partial charge in [0, 0.05) is 6.54 Å². The minimum atomic E-state index is 0.0846. The number of hydrogen-bond donors (Lipinski definition) is 2. The molecule has 3 heteroatoms. The topological polar surface area (TPSA) is 41.1 Å². The molecule has 0 aromatic carbocycles. The van der Waals surface area contributed by atoms with Gasteiger partial charge < -0.3 is 10.6 Å². The summed E-state index contributed by atoms with van der Waals surface area (Å²) in [6.45, 7) is 4.22. The molecule has 1 atom stereocenters. The van der Waals surface area contributed by atoms with E-state index in [1.807, 2.05) is 0 Å². The van der Waals surface area contributed by atoms with Crippen LogP contribution in [0.1, 0.15) is 51.9 Å². The second kappa shape index (κ2) is 6.39. The first-order chi connectivity index (χ1) is 8.25. The monoisotopic (exact) mass is 238 g/mol. The minimum Gasteiger partial charge on any atom is -0.355 e. The second-order valence-corrected chi connectivity index (χ2v) is 5.85. The van der Waals surface area contributed by atoms with Crippen LogP contribution in [0.4, 0.5) is 0 Å². The van der Waals surface area contributed by atoms with E-state index in [1.54, 1.807) is 0 Å². The van der Waals surface area contributed by atoms with Crippen LogP contribution < -0.4 is 10.6 Å². The van der Waals surface area contributed by atoms with E-state index in [-0.39, 0.29) is 11.9 Å². The Hall–Kier alpha value is -0.570. The molecule has 0 aromatic rings. The van der Waals surface area contributed by atoms with E-state index < -0.39 is 0 Å². The highest BCUT2D eigenvalue weighted by molar-refractivity contribution is 5.81. The molecule has 0 aromatic heterocycles. The highest BCUT2D eigenvalue weighted by Gasteiger charge is 2.22. The molecule has 1 saturated carbocycles. The maximum Gasteiger partial charge on any atom is 0.237 e. The number of nitrogens with one attached hydrogen (secondary N) is 2. The molecule has 1 saturated heterocycles. The van der Waals surface area contributed by atoms with E-state index in [0.717, 1.165) is 37.8 Å². The molecule has 0 unspecified atom stereocenters. The van der Waals surface area contributed by atoms with Gasteiger partial charge in [0.15, 0.2) is 0 Å². The first kappa shape index (κ1) is 12.9. The van der Waals surface area contributed by atoms with Gasteiger partial charge in [0.05, 0.1) is 6.04 Å². The smallest absolute Gasteiger partial charge is 0.237 e. The van der Waals surface area contributed by atoms with Crippen LogP contribution in [0.2, 0.25) is 0 Å². The lowest BCUT2D eigenvalue weighted by atomic mass is 9.81. The van der Waals surface area contributed by atoms with Crippen LogP contribution in [0.15, 0.2) is 0 Å². The van der Waals surface area contributed by atoms with Gasteiger partial charge >= 0.3 is 0 Å². The molecular formula is C14H26N2O. The van der Waals surface area contributed by atoms with Crippen molar-refractivity contribution in [2.45, 2.75) is 57.9 Å². The van der Waals surface area contributed by atoms with Crippen LogP contribution >= 0.6 is 0 Å². The van der Waals surface area contributed by atoms with Crippen molar-refractivity contribution in [1.82, 2.24) is 10.6 Å². The first-order valence-electron chi connectivity index (χ1n) is 7.27. The third-order valence-electron chi connectivity index (χ3n) is 4.36. The van der Waals surface area contributed by atoms with E-state index in [0.29, 0.717) is 0 Å². The Labute approximate surface area is 105 Å². The molecule has 1 amide bonds. The summed E-state index contributed by atoms with van der Waals surface area (Å²) in [5.74, 6) is 1.98. The van der Waals surface area contributed by atoms with Gasteiger partial charge in [-0.3, -0.25) is 4.79 Å². The molecule has 1 aliphatic heterocycles. The highest BCUT2D eigenvalue weighted by Crippen LogP contribution is 2.29. The van der Waals surface area contributed by atoms with E-state index in [1.165, 1.54) is 32.1 Å². The van der Waals surface area contributed by atoms with Crippen LogP contribution in [0.3, 0.4) is 0 Å². The largest absolute Gasteiger partial charge is 0.355 e.